The molecule has 0 fully saturated rings. The maximum atomic E-state index is 12.1. The summed E-state index contributed by atoms with van der Waals surface area (Å²) in [7, 11) is 0. The van der Waals surface area contributed by atoms with Crippen molar-refractivity contribution in [3.05, 3.63) is 48.1 Å². The van der Waals surface area contributed by atoms with Gasteiger partial charge in [0.25, 0.3) is 0 Å². The maximum Gasteiger partial charge on any atom is 0.456 e. The van der Waals surface area contributed by atoms with Crippen LogP contribution in [0.1, 0.15) is 19.4 Å². The fourth-order valence-corrected chi connectivity index (χ4v) is 1.98. The summed E-state index contributed by atoms with van der Waals surface area (Å²) in [4.78, 5) is 23.3. The molecule has 0 amide bonds. The van der Waals surface area contributed by atoms with Crippen LogP contribution < -0.4 is 14.2 Å². The van der Waals surface area contributed by atoms with E-state index in [1.54, 1.807) is 0 Å². The predicted octanol–water partition coefficient (Wildman–Crippen LogP) is 3.95. The zero-order chi connectivity index (χ0) is 19.9. The minimum Gasteiger partial charge on any atom is -0.423 e. The van der Waals surface area contributed by atoms with Gasteiger partial charge in [0.05, 0.1) is 0 Å². The van der Waals surface area contributed by atoms with Crippen molar-refractivity contribution in [2.45, 2.75) is 25.8 Å². The van der Waals surface area contributed by atoms with Gasteiger partial charge in [-0.15, -0.1) is 0 Å². The van der Waals surface area contributed by atoms with Gasteiger partial charge < -0.3 is 9.47 Å². The van der Waals surface area contributed by atoms with Crippen molar-refractivity contribution >= 4 is 23.9 Å². The monoisotopic (exact) mass is 389 g/mol. The van der Waals surface area contributed by atoms with E-state index in [9.17, 15) is 22.8 Å². The highest BCUT2D eigenvalue weighted by Gasteiger charge is 2.28. The molecule has 5 nitrogen and oxygen atoms in total. The van der Waals surface area contributed by atoms with Crippen molar-refractivity contribution in [3.63, 3.8) is 0 Å². The lowest BCUT2D eigenvalue weighted by Crippen LogP contribution is -2.16. The van der Waals surface area contributed by atoms with Crippen LogP contribution in [0.25, 0.3) is 0 Å². The number of hydrogen-bond acceptors (Lipinski definition) is 6. The molecule has 0 heterocycles. The fourth-order valence-electron chi connectivity index (χ4n) is 1.61. The first-order valence-electron chi connectivity index (χ1n) is 7.35. The molecule has 0 saturated carbocycles. The number of hydrogen-bond donors (Lipinski definition) is 1. The second-order valence-corrected chi connectivity index (χ2v) is 6.30. The maximum absolute atomic E-state index is 12.1. The van der Waals surface area contributed by atoms with Crippen molar-refractivity contribution in [2.75, 3.05) is 6.54 Å². The van der Waals surface area contributed by atoms with Crippen LogP contribution in [0.3, 0.4) is 0 Å². The van der Waals surface area contributed by atoms with Crippen LogP contribution in [0.2, 0.25) is 0 Å². The molecule has 0 radical (unpaired) electrons. The Kier molecular flexibility index (Phi) is 7.91. The summed E-state index contributed by atoms with van der Waals surface area (Å²) < 4.78 is 48.7. The number of halogens is 3. The lowest BCUT2D eigenvalue weighted by atomic mass is 10.1. The van der Waals surface area contributed by atoms with E-state index in [-0.39, 0.29) is 47.6 Å². The summed E-state index contributed by atoms with van der Waals surface area (Å²) in [6.07, 6.45) is 0.180. The minimum absolute atomic E-state index is 0.00403. The van der Waals surface area contributed by atoms with E-state index in [4.69, 9.17) is 9.47 Å². The van der Waals surface area contributed by atoms with Crippen LogP contribution in [-0.2, 0) is 16.0 Å². The molecule has 1 N–H and O–H groups in total. The Labute approximate surface area is 153 Å². The third-order valence-corrected chi connectivity index (χ3v) is 3.34. The first kappa shape index (κ1) is 21.8. The highest BCUT2D eigenvalue weighted by atomic mass is 32.2. The van der Waals surface area contributed by atoms with E-state index in [1.807, 2.05) is 0 Å². The number of benzene rings is 1. The Morgan fingerprint density at radius 3 is 1.88 bits per heavy atom. The van der Waals surface area contributed by atoms with Crippen LogP contribution in [0.15, 0.2) is 42.5 Å². The zero-order valence-corrected chi connectivity index (χ0v) is 15.1. The van der Waals surface area contributed by atoms with Crippen LogP contribution >= 0.6 is 11.9 Å². The highest BCUT2D eigenvalue weighted by molar-refractivity contribution is 7.98. The van der Waals surface area contributed by atoms with Gasteiger partial charge >= 0.3 is 17.4 Å². The molecule has 0 aliphatic rings. The van der Waals surface area contributed by atoms with E-state index in [0.717, 1.165) is 0 Å². The van der Waals surface area contributed by atoms with Gasteiger partial charge in [-0.3, -0.25) is 4.72 Å². The van der Waals surface area contributed by atoms with E-state index < -0.39 is 17.4 Å². The van der Waals surface area contributed by atoms with Crippen molar-refractivity contribution in [3.8, 4) is 11.5 Å². The lowest BCUT2D eigenvalue weighted by molar-refractivity contribution is -0.130. The molecule has 0 atom stereocenters. The van der Waals surface area contributed by atoms with Gasteiger partial charge in [0.15, 0.2) is 0 Å². The smallest absolute Gasteiger partial charge is 0.423 e. The Bertz CT molecular complexity index is 670. The largest absolute Gasteiger partial charge is 0.456 e. The van der Waals surface area contributed by atoms with Crippen LogP contribution in [-0.4, -0.2) is 24.0 Å². The fraction of sp³-hybridized carbons (Fsp3) is 0.294. The first-order chi connectivity index (χ1) is 12.0. The number of carbonyl (C=O) groups excluding carboxylic acids is 2. The molecule has 0 bridgehead atoms. The van der Waals surface area contributed by atoms with E-state index in [2.05, 4.69) is 17.9 Å². The second-order valence-electron chi connectivity index (χ2n) is 5.34. The number of esters is 2. The van der Waals surface area contributed by atoms with Crippen molar-refractivity contribution in [2.24, 2.45) is 0 Å². The third kappa shape index (κ3) is 8.21. The molecule has 1 aromatic rings. The summed E-state index contributed by atoms with van der Waals surface area (Å²) in [5.74, 6) is -1.18. The van der Waals surface area contributed by atoms with Crippen molar-refractivity contribution in [1.29, 1.82) is 0 Å². The average Bonchev–Trinajstić information content (AvgIpc) is 2.50. The molecule has 142 valence electrons. The van der Waals surface area contributed by atoms with Gasteiger partial charge in [0.2, 0.25) is 0 Å². The van der Waals surface area contributed by atoms with E-state index in [0.29, 0.717) is 5.56 Å². The van der Waals surface area contributed by atoms with Crippen LogP contribution in [0.5, 0.6) is 11.5 Å². The van der Waals surface area contributed by atoms with Gasteiger partial charge in [-0.2, -0.15) is 13.2 Å². The van der Waals surface area contributed by atoms with Gasteiger partial charge in [0.1, 0.15) is 11.5 Å². The molecule has 0 saturated heterocycles. The summed E-state index contributed by atoms with van der Waals surface area (Å²) in [5, 5.41) is 0. The lowest BCUT2D eigenvalue weighted by Gasteiger charge is -2.11. The van der Waals surface area contributed by atoms with Gasteiger partial charge in [-0.1, -0.05) is 13.2 Å². The highest BCUT2D eigenvalue weighted by Crippen LogP contribution is 2.28. The standard InChI is InChI=1S/C17H18F3NO4S/c1-10(2)15(22)24-13-7-12(5-6-21-26-17(18,19)20)8-14(9-13)25-16(23)11(3)4/h7-9,21H,1,3,5-6H2,2,4H3. The second kappa shape index (κ2) is 9.44. The molecule has 0 spiro atoms. The first-order valence-corrected chi connectivity index (χ1v) is 8.16. The Morgan fingerprint density at radius 2 is 1.50 bits per heavy atom. The molecular weight excluding hydrogens is 371 g/mol. The van der Waals surface area contributed by atoms with E-state index >= 15 is 0 Å². The number of rotatable bonds is 8. The van der Waals surface area contributed by atoms with Crippen LogP contribution in [0, 0.1) is 0 Å². The van der Waals surface area contributed by atoms with Crippen molar-refractivity contribution in [1.82, 2.24) is 4.72 Å². The summed E-state index contributed by atoms with van der Waals surface area (Å²) in [6.45, 7) is 9.85. The topological polar surface area (TPSA) is 64.6 Å². The molecule has 9 heteroatoms. The minimum atomic E-state index is -4.39. The Morgan fingerprint density at radius 1 is 1.04 bits per heavy atom. The predicted molar refractivity (Wildman–Crippen MR) is 92.7 cm³/mol. The molecule has 0 aromatic heterocycles. The number of ether oxygens (including phenoxy) is 2. The molecule has 0 unspecified atom stereocenters. The van der Waals surface area contributed by atoms with E-state index in [1.165, 1.54) is 32.0 Å². The molecule has 1 aromatic carbocycles. The molecule has 26 heavy (non-hydrogen) atoms. The average molecular weight is 389 g/mol. The van der Waals surface area contributed by atoms with Crippen LogP contribution in [0.4, 0.5) is 13.2 Å². The molecule has 1 rings (SSSR count). The number of alkyl halides is 3. The van der Waals surface area contributed by atoms with Crippen molar-refractivity contribution < 1.29 is 32.2 Å². The quantitative estimate of drug-likeness (QED) is 0.239. The summed E-state index contributed by atoms with van der Waals surface area (Å²) in [5.41, 5.74) is -3.55. The Hall–Kier alpha value is -2.26. The van der Waals surface area contributed by atoms with Gasteiger partial charge in [-0.05, 0) is 38.0 Å². The molecule has 0 aliphatic carbocycles. The molecular formula is C17H18F3NO4S. The summed E-state index contributed by atoms with van der Waals surface area (Å²) >= 11 is -0.354. The summed E-state index contributed by atoms with van der Waals surface area (Å²) in [6, 6.07) is 4.26. The normalized spacial score (nSPS) is 11.0. The van der Waals surface area contributed by atoms with Gasteiger partial charge in [-0.25, -0.2) is 9.59 Å². The third-order valence-electron chi connectivity index (χ3n) is 2.76. The number of nitrogens with one attached hydrogen (secondary N) is 1. The SMILES string of the molecule is C=C(C)C(=O)Oc1cc(CCNSC(F)(F)F)cc(OC(=O)C(=C)C)c1. The zero-order valence-electron chi connectivity index (χ0n) is 14.2. The Balaban J connectivity index is 2.92. The molecule has 0 aliphatic heterocycles. The number of carbonyl (C=O) groups is 2. The van der Waals surface area contributed by atoms with Gasteiger partial charge in [0, 0.05) is 35.7 Å².